The number of rotatable bonds is 2. The van der Waals surface area contributed by atoms with Crippen molar-refractivity contribution in [2.24, 2.45) is 0 Å². The zero-order chi connectivity index (χ0) is 9.68. The minimum absolute atomic E-state index is 0.0925. The lowest BCUT2D eigenvalue weighted by Gasteiger charge is -1.99. The van der Waals surface area contributed by atoms with Crippen LogP contribution in [0.4, 0.5) is 0 Å². The highest BCUT2D eigenvalue weighted by molar-refractivity contribution is 5.59. The highest BCUT2D eigenvalue weighted by Crippen LogP contribution is 2.16. The molecule has 4 nitrogen and oxygen atoms in total. The van der Waals surface area contributed by atoms with Crippen LogP contribution in [0.3, 0.4) is 0 Å². The molecule has 0 saturated carbocycles. The van der Waals surface area contributed by atoms with E-state index in [1.807, 2.05) is 0 Å². The van der Waals surface area contributed by atoms with E-state index in [9.17, 15) is 5.11 Å². The summed E-state index contributed by atoms with van der Waals surface area (Å²) in [5, 5.41) is 17.4. The summed E-state index contributed by atoms with van der Waals surface area (Å²) in [5.41, 5.74) is 0.568. The van der Waals surface area contributed by atoms with Crippen molar-refractivity contribution in [3.8, 4) is 5.75 Å². The van der Waals surface area contributed by atoms with Gasteiger partial charge in [0.25, 0.3) is 0 Å². The molecule has 0 spiro atoms. The molecule has 1 rings (SSSR count). The van der Waals surface area contributed by atoms with Gasteiger partial charge in [-0.2, -0.15) is 0 Å². The molecule has 0 fully saturated rings. The molecule has 0 aliphatic heterocycles. The first-order valence-corrected chi connectivity index (χ1v) is 3.65. The fourth-order valence-corrected chi connectivity index (χ4v) is 0.891. The average Bonchev–Trinajstić information content (AvgIpc) is 2.18. The third-order valence-electron chi connectivity index (χ3n) is 1.57. The lowest BCUT2D eigenvalue weighted by Crippen LogP contribution is -1.84. The summed E-state index contributed by atoms with van der Waals surface area (Å²) < 4.78 is 4.93. The van der Waals surface area contributed by atoms with E-state index in [1.54, 1.807) is 31.4 Å². The number of ether oxygens (including phenoxy) is 1. The second-order valence-electron chi connectivity index (χ2n) is 2.36. The zero-order valence-corrected chi connectivity index (χ0v) is 7.14. The number of nitrogens with zero attached hydrogens (tertiary/aromatic N) is 2. The van der Waals surface area contributed by atoms with Crippen LogP contribution in [0, 0.1) is 5.39 Å². The van der Waals surface area contributed by atoms with Crippen molar-refractivity contribution in [1.82, 2.24) is 0 Å². The van der Waals surface area contributed by atoms with Crippen LogP contribution in [0.1, 0.15) is 5.56 Å². The first kappa shape index (κ1) is 9.07. The summed E-state index contributed by atoms with van der Waals surface area (Å²) in [5.74, 6) is 0.614. The molecule has 0 aliphatic rings. The molecule has 0 aliphatic carbocycles. The zero-order valence-electron chi connectivity index (χ0n) is 7.14. The lowest BCUT2D eigenvalue weighted by molar-refractivity contribution is 0.414. The Morgan fingerprint density at radius 1 is 1.46 bits per heavy atom. The van der Waals surface area contributed by atoms with Gasteiger partial charge in [-0.05, 0) is 24.3 Å². The topological polar surface area (TPSA) is 57.6 Å². The Balaban J connectivity index is 2.94. The van der Waals surface area contributed by atoms with Gasteiger partial charge in [-0.25, -0.2) is 0 Å². The molecule has 1 aromatic rings. The second-order valence-corrected chi connectivity index (χ2v) is 2.36. The number of aliphatic hydroxyl groups is 1. The van der Waals surface area contributed by atoms with E-state index in [4.69, 9.17) is 10.1 Å². The third-order valence-corrected chi connectivity index (χ3v) is 1.57. The predicted octanol–water partition coefficient (Wildman–Crippen LogP) is 2.40. The molecule has 0 aromatic heterocycles. The predicted molar refractivity (Wildman–Crippen MR) is 48.7 cm³/mol. The summed E-state index contributed by atoms with van der Waals surface area (Å²) in [4.78, 5) is 2.71. The van der Waals surface area contributed by atoms with E-state index < -0.39 is 0 Å². The fraction of sp³-hybridized carbons (Fsp3) is 0.111. The quantitative estimate of drug-likeness (QED) is 0.557. The summed E-state index contributed by atoms with van der Waals surface area (Å²) >= 11 is 0. The van der Waals surface area contributed by atoms with Crippen molar-refractivity contribution >= 4 is 5.76 Å². The van der Waals surface area contributed by atoms with Gasteiger partial charge in [0.2, 0.25) is 11.2 Å². The third kappa shape index (κ3) is 2.20. The highest BCUT2D eigenvalue weighted by atomic mass is 16.5. The van der Waals surface area contributed by atoms with Gasteiger partial charge in [0, 0.05) is 5.56 Å². The van der Waals surface area contributed by atoms with E-state index in [0.717, 1.165) is 6.20 Å². The van der Waals surface area contributed by atoms with Crippen LogP contribution in [0.5, 0.6) is 5.75 Å². The Hall–Kier alpha value is -2.02. The standard InChI is InChI=1S/C9H8N2O2/c1-13-8-4-2-7(3-5-8)9(12)6-11-10/h2-6H,1H3/p+1/b9-6-. The molecular weight excluding hydrogens is 168 g/mol. The molecule has 0 heterocycles. The van der Waals surface area contributed by atoms with Crippen LogP contribution in [-0.4, -0.2) is 12.2 Å². The first-order chi connectivity index (χ1) is 6.27. The number of aliphatic hydroxyl groups excluding tert-OH is 1. The Morgan fingerprint density at radius 3 is 2.54 bits per heavy atom. The maximum Gasteiger partial charge on any atom is 0.392 e. The van der Waals surface area contributed by atoms with Crippen molar-refractivity contribution in [3.05, 3.63) is 41.0 Å². The molecule has 0 unspecified atom stereocenters. The SMILES string of the molecule is COc1ccc(/C(O)=C/[N+]#N)cc1. The summed E-state index contributed by atoms with van der Waals surface area (Å²) in [6, 6.07) is 6.74. The average molecular weight is 177 g/mol. The molecule has 0 amide bonds. The number of hydrogen-bond donors (Lipinski definition) is 1. The van der Waals surface area contributed by atoms with Gasteiger partial charge in [-0.15, -0.1) is 0 Å². The molecule has 0 saturated heterocycles. The van der Waals surface area contributed by atoms with Crippen LogP contribution >= 0.6 is 0 Å². The number of benzene rings is 1. The van der Waals surface area contributed by atoms with E-state index in [-0.39, 0.29) is 5.76 Å². The fourth-order valence-electron chi connectivity index (χ4n) is 0.891. The Morgan fingerprint density at radius 2 is 2.08 bits per heavy atom. The van der Waals surface area contributed by atoms with E-state index >= 15 is 0 Å². The first-order valence-electron chi connectivity index (χ1n) is 3.65. The van der Waals surface area contributed by atoms with Crippen molar-refractivity contribution < 1.29 is 9.84 Å². The molecule has 0 bridgehead atoms. The van der Waals surface area contributed by atoms with Crippen LogP contribution in [0.2, 0.25) is 0 Å². The van der Waals surface area contributed by atoms with Gasteiger partial charge in [-0.3, -0.25) is 0 Å². The molecule has 0 radical (unpaired) electrons. The maximum atomic E-state index is 9.25. The molecule has 66 valence electrons. The summed E-state index contributed by atoms with van der Waals surface area (Å²) in [6.45, 7) is 0. The largest absolute Gasteiger partial charge is 0.501 e. The van der Waals surface area contributed by atoms with Crippen LogP contribution < -0.4 is 4.74 Å². The van der Waals surface area contributed by atoms with Crippen molar-refractivity contribution in [2.45, 2.75) is 0 Å². The molecular formula is C9H9N2O2+. The minimum Gasteiger partial charge on any atom is -0.501 e. The number of methoxy groups -OCH3 is 1. The Labute approximate surface area is 75.7 Å². The summed E-state index contributed by atoms with van der Waals surface area (Å²) in [6.07, 6.45) is 0.960. The van der Waals surface area contributed by atoms with Gasteiger partial charge in [0.1, 0.15) is 5.75 Å². The monoisotopic (exact) mass is 177 g/mol. The Bertz CT molecular complexity index is 349. The van der Waals surface area contributed by atoms with Crippen LogP contribution in [0.25, 0.3) is 10.7 Å². The van der Waals surface area contributed by atoms with Gasteiger partial charge in [0.05, 0.1) is 7.11 Å². The van der Waals surface area contributed by atoms with Gasteiger partial charge in [-0.1, -0.05) is 0 Å². The molecule has 1 N–H and O–H groups in total. The van der Waals surface area contributed by atoms with Gasteiger partial charge >= 0.3 is 6.20 Å². The van der Waals surface area contributed by atoms with Crippen LogP contribution in [0.15, 0.2) is 30.5 Å². The van der Waals surface area contributed by atoms with Crippen molar-refractivity contribution in [3.63, 3.8) is 0 Å². The van der Waals surface area contributed by atoms with E-state index in [2.05, 4.69) is 4.98 Å². The lowest BCUT2D eigenvalue weighted by atomic mass is 10.2. The minimum atomic E-state index is -0.0925. The van der Waals surface area contributed by atoms with Gasteiger partial charge < -0.3 is 9.84 Å². The normalized spacial score (nSPS) is 10.6. The maximum absolute atomic E-state index is 9.25. The van der Waals surface area contributed by atoms with E-state index in [1.165, 1.54) is 0 Å². The smallest absolute Gasteiger partial charge is 0.392 e. The van der Waals surface area contributed by atoms with Crippen LogP contribution in [-0.2, 0) is 0 Å². The molecule has 13 heavy (non-hydrogen) atoms. The number of diazo groups is 1. The highest BCUT2D eigenvalue weighted by Gasteiger charge is 2.03. The van der Waals surface area contributed by atoms with Crippen molar-refractivity contribution in [1.29, 1.82) is 5.39 Å². The second kappa shape index (κ2) is 4.12. The number of hydrogen-bond acceptors (Lipinski definition) is 3. The Kier molecular flexibility index (Phi) is 2.87. The molecule has 1 aromatic carbocycles. The van der Waals surface area contributed by atoms with E-state index in [0.29, 0.717) is 11.3 Å². The van der Waals surface area contributed by atoms with Gasteiger partial charge in [0.15, 0.2) is 4.98 Å². The molecule has 4 heteroatoms. The summed E-state index contributed by atoms with van der Waals surface area (Å²) in [7, 11) is 1.56. The molecule has 0 atom stereocenters. The van der Waals surface area contributed by atoms with Crippen molar-refractivity contribution in [2.75, 3.05) is 7.11 Å².